The molecule has 7 nitrogen and oxygen atoms in total. The fraction of sp³-hybridized carbons (Fsp3) is 0.333. The molecule has 0 unspecified atom stereocenters. The van der Waals surface area contributed by atoms with E-state index in [4.69, 9.17) is 5.26 Å². The van der Waals surface area contributed by atoms with Crippen LogP contribution in [0, 0.1) is 11.3 Å². The monoisotopic (exact) mass is 523 g/mol. The van der Waals surface area contributed by atoms with E-state index in [0.717, 1.165) is 67.9 Å². The lowest BCUT2D eigenvalue weighted by Gasteiger charge is -2.34. The van der Waals surface area contributed by atoms with Gasteiger partial charge >= 0.3 is 0 Å². The summed E-state index contributed by atoms with van der Waals surface area (Å²) >= 11 is 1.47. The maximum atomic E-state index is 13.5. The number of aromatic nitrogens is 2. The van der Waals surface area contributed by atoms with Gasteiger partial charge in [0.05, 0.1) is 23.5 Å². The van der Waals surface area contributed by atoms with E-state index in [1.165, 1.54) is 28.0 Å². The molecule has 192 valence electrons. The number of carbonyl (C=O) groups excluding carboxylic acids is 1. The van der Waals surface area contributed by atoms with Crippen molar-refractivity contribution < 1.29 is 4.79 Å². The molecule has 1 saturated heterocycles. The quantitative estimate of drug-likeness (QED) is 0.396. The molecule has 1 aliphatic carbocycles. The lowest BCUT2D eigenvalue weighted by atomic mass is 9.87. The number of thiophene rings is 1. The van der Waals surface area contributed by atoms with Gasteiger partial charge in [-0.25, -0.2) is 4.98 Å². The molecule has 1 atom stereocenters. The summed E-state index contributed by atoms with van der Waals surface area (Å²) in [6.45, 7) is 5.97. The van der Waals surface area contributed by atoms with Gasteiger partial charge in [0.2, 0.25) is 5.91 Å². The molecule has 3 heterocycles. The van der Waals surface area contributed by atoms with Crippen LogP contribution in [0.3, 0.4) is 0 Å². The molecule has 0 radical (unpaired) electrons. The van der Waals surface area contributed by atoms with Crippen LogP contribution in [0.25, 0.3) is 20.7 Å². The van der Waals surface area contributed by atoms with Crippen molar-refractivity contribution in [1.82, 2.24) is 19.4 Å². The molecule has 1 fully saturated rings. The molecular weight excluding hydrogens is 494 g/mol. The molecule has 0 spiro atoms. The van der Waals surface area contributed by atoms with E-state index >= 15 is 0 Å². The number of nitriles is 1. The Morgan fingerprint density at radius 2 is 1.87 bits per heavy atom. The van der Waals surface area contributed by atoms with Gasteiger partial charge < -0.3 is 4.90 Å². The van der Waals surface area contributed by atoms with Crippen molar-refractivity contribution in [3.8, 4) is 16.5 Å². The predicted octanol–water partition coefficient (Wildman–Crippen LogP) is 4.39. The summed E-state index contributed by atoms with van der Waals surface area (Å²) < 4.78 is 2.50. The molecule has 2 aliphatic rings. The summed E-state index contributed by atoms with van der Waals surface area (Å²) in [6, 6.07) is 18.4. The number of hydrogen-bond acceptors (Lipinski definition) is 6. The van der Waals surface area contributed by atoms with Crippen LogP contribution in [-0.2, 0) is 24.2 Å². The zero-order chi connectivity index (χ0) is 26.2. The Balaban J connectivity index is 1.17. The second kappa shape index (κ2) is 10.2. The van der Waals surface area contributed by atoms with Gasteiger partial charge in [0.25, 0.3) is 5.56 Å². The summed E-state index contributed by atoms with van der Waals surface area (Å²) in [5.74, 6) is 0.160. The standard InChI is InChI=1S/C30H29N5O2S/c1-20(36)34-12-10-33(11-13-34)18-22-4-7-25-15-26(9-8-24(25)14-22)35-19-32-27-16-28(38-29(27)30(35)37)23-5-2-21(17-31)3-6-23/h2-7,14,16,19,26H,8-13,15,18H2,1H3/t26-/m0/s1. The van der Waals surface area contributed by atoms with Gasteiger partial charge in [0.1, 0.15) is 4.70 Å². The van der Waals surface area contributed by atoms with Gasteiger partial charge in [-0.1, -0.05) is 30.3 Å². The van der Waals surface area contributed by atoms with Crippen molar-refractivity contribution in [2.75, 3.05) is 26.2 Å². The Hall–Kier alpha value is -3.80. The van der Waals surface area contributed by atoms with Crippen molar-refractivity contribution in [2.24, 2.45) is 0 Å². The fourth-order valence-electron chi connectivity index (χ4n) is 5.64. The Kier molecular flexibility index (Phi) is 6.56. The van der Waals surface area contributed by atoms with Crippen LogP contribution in [0.1, 0.15) is 41.6 Å². The van der Waals surface area contributed by atoms with Crippen LogP contribution in [0.4, 0.5) is 0 Å². The number of fused-ring (bicyclic) bond motifs is 2. The fourth-order valence-corrected chi connectivity index (χ4v) is 6.69. The molecule has 4 aromatic rings. The SMILES string of the molecule is CC(=O)N1CCN(Cc2ccc3c(c2)CC[C@H](n2cnc4cc(-c5ccc(C#N)cc5)sc4c2=O)C3)CC1. The second-order valence-electron chi connectivity index (χ2n) is 10.3. The highest BCUT2D eigenvalue weighted by Gasteiger charge is 2.24. The average Bonchev–Trinajstić information content (AvgIpc) is 3.39. The molecule has 0 N–H and O–H groups in total. The summed E-state index contributed by atoms with van der Waals surface area (Å²) in [6.07, 6.45) is 4.39. The van der Waals surface area contributed by atoms with Crippen LogP contribution in [-0.4, -0.2) is 51.4 Å². The molecule has 1 amide bonds. The van der Waals surface area contributed by atoms with Crippen LogP contribution in [0.5, 0.6) is 0 Å². The normalized spacial score (nSPS) is 17.8. The maximum Gasteiger partial charge on any atom is 0.271 e. The molecule has 2 aromatic carbocycles. The van der Waals surface area contributed by atoms with Gasteiger partial charge in [0, 0.05) is 50.6 Å². The van der Waals surface area contributed by atoms with Crippen LogP contribution in [0.15, 0.2) is 59.7 Å². The summed E-state index contributed by atoms with van der Waals surface area (Å²) in [5, 5.41) is 9.05. The Labute approximate surface area is 225 Å². The number of carbonyl (C=O) groups is 1. The van der Waals surface area contributed by atoms with Gasteiger partial charge in [-0.15, -0.1) is 11.3 Å². The number of benzene rings is 2. The molecule has 8 heteroatoms. The van der Waals surface area contributed by atoms with Crippen molar-refractivity contribution in [1.29, 1.82) is 5.26 Å². The first-order valence-electron chi connectivity index (χ1n) is 13.1. The van der Waals surface area contributed by atoms with Crippen molar-refractivity contribution in [2.45, 2.75) is 38.8 Å². The largest absolute Gasteiger partial charge is 0.340 e. The first kappa shape index (κ1) is 24.5. The zero-order valence-electron chi connectivity index (χ0n) is 21.4. The number of amides is 1. The van der Waals surface area contributed by atoms with E-state index in [9.17, 15) is 9.59 Å². The lowest BCUT2D eigenvalue weighted by Crippen LogP contribution is -2.47. The molecule has 6 rings (SSSR count). The molecule has 0 saturated carbocycles. The van der Waals surface area contributed by atoms with E-state index in [1.807, 2.05) is 27.7 Å². The van der Waals surface area contributed by atoms with E-state index in [0.29, 0.717) is 10.3 Å². The van der Waals surface area contributed by atoms with Gasteiger partial charge in [-0.05, 0) is 59.7 Å². The molecule has 2 aromatic heterocycles. The first-order valence-corrected chi connectivity index (χ1v) is 13.9. The highest BCUT2D eigenvalue weighted by Crippen LogP contribution is 2.33. The molecule has 38 heavy (non-hydrogen) atoms. The third-order valence-corrected chi connectivity index (χ3v) is 9.01. The van der Waals surface area contributed by atoms with Crippen LogP contribution in [0.2, 0.25) is 0 Å². The topological polar surface area (TPSA) is 82.2 Å². The summed E-state index contributed by atoms with van der Waals surface area (Å²) in [7, 11) is 0. The van der Waals surface area contributed by atoms with E-state index in [2.05, 4.69) is 34.2 Å². The van der Waals surface area contributed by atoms with Crippen molar-refractivity contribution in [3.63, 3.8) is 0 Å². The average molecular weight is 524 g/mol. The Bertz CT molecular complexity index is 1610. The molecule has 0 bridgehead atoms. The van der Waals surface area contributed by atoms with Crippen LogP contribution < -0.4 is 5.56 Å². The third kappa shape index (κ3) is 4.75. The third-order valence-electron chi connectivity index (χ3n) is 7.85. The number of aryl methyl sites for hydroxylation is 1. The highest BCUT2D eigenvalue weighted by atomic mass is 32.1. The zero-order valence-corrected chi connectivity index (χ0v) is 22.2. The first-order chi connectivity index (χ1) is 18.5. The number of hydrogen-bond donors (Lipinski definition) is 0. The summed E-state index contributed by atoms with van der Waals surface area (Å²) in [5.41, 5.74) is 6.35. The van der Waals surface area contributed by atoms with Gasteiger partial charge in [0.15, 0.2) is 0 Å². The van der Waals surface area contributed by atoms with Crippen molar-refractivity contribution >= 4 is 27.5 Å². The van der Waals surface area contributed by atoms with E-state index in [1.54, 1.807) is 25.4 Å². The number of piperazine rings is 1. The van der Waals surface area contributed by atoms with Crippen molar-refractivity contribution in [3.05, 3.63) is 87.5 Å². The van der Waals surface area contributed by atoms with E-state index < -0.39 is 0 Å². The van der Waals surface area contributed by atoms with E-state index in [-0.39, 0.29) is 17.5 Å². The van der Waals surface area contributed by atoms with Gasteiger partial charge in [-0.2, -0.15) is 5.26 Å². The van der Waals surface area contributed by atoms with Crippen LogP contribution >= 0.6 is 11.3 Å². The minimum Gasteiger partial charge on any atom is -0.340 e. The predicted molar refractivity (Wildman–Crippen MR) is 149 cm³/mol. The Morgan fingerprint density at radius 1 is 1.08 bits per heavy atom. The molecular formula is C30H29N5O2S. The number of nitrogens with zero attached hydrogens (tertiary/aromatic N) is 5. The summed E-state index contributed by atoms with van der Waals surface area (Å²) in [4.78, 5) is 35.0. The maximum absolute atomic E-state index is 13.5. The smallest absolute Gasteiger partial charge is 0.271 e. The number of rotatable bonds is 4. The second-order valence-corrected chi connectivity index (χ2v) is 11.3. The minimum atomic E-state index is 0.0228. The molecule has 1 aliphatic heterocycles. The van der Waals surface area contributed by atoms with Gasteiger partial charge in [-0.3, -0.25) is 19.1 Å². The minimum absolute atomic E-state index is 0.0228. The lowest BCUT2D eigenvalue weighted by molar-refractivity contribution is -0.130. The Morgan fingerprint density at radius 3 is 2.61 bits per heavy atom. The highest BCUT2D eigenvalue weighted by molar-refractivity contribution is 7.22.